The molecule has 5 heteroatoms. The van der Waals surface area contributed by atoms with E-state index in [1.54, 1.807) is 0 Å². The molecule has 1 heterocycles. The molecule has 0 aromatic carbocycles. The van der Waals surface area contributed by atoms with Crippen LogP contribution in [0, 0.1) is 0 Å². The molecule has 98 valence electrons. The number of amides is 3. The number of rotatable bonds is 4. The second-order valence-electron chi connectivity index (χ2n) is 4.55. The van der Waals surface area contributed by atoms with Crippen molar-refractivity contribution in [3.63, 3.8) is 0 Å². The average molecular weight is 241 g/mol. The first-order valence-electron chi connectivity index (χ1n) is 6.43. The van der Waals surface area contributed by atoms with E-state index in [1.165, 1.54) is 6.92 Å². The number of urea groups is 1. The van der Waals surface area contributed by atoms with Crippen LogP contribution in [-0.4, -0.2) is 42.5 Å². The van der Waals surface area contributed by atoms with Gasteiger partial charge in [0.05, 0.1) is 0 Å². The van der Waals surface area contributed by atoms with Gasteiger partial charge in [0, 0.05) is 32.6 Å². The molecule has 1 aliphatic heterocycles. The van der Waals surface area contributed by atoms with Crippen LogP contribution in [0.1, 0.15) is 39.5 Å². The molecule has 0 aliphatic carbocycles. The lowest BCUT2D eigenvalue weighted by molar-refractivity contribution is -0.119. The Morgan fingerprint density at radius 2 is 1.94 bits per heavy atom. The van der Waals surface area contributed by atoms with E-state index in [4.69, 9.17) is 0 Å². The Kier molecular flexibility index (Phi) is 5.80. The number of hydrogen-bond acceptors (Lipinski definition) is 2. The molecule has 0 atom stereocenters. The zero-order valence-corrected chi connectivity index (χ0v) is 10.8. The predicted molar refractivity (Wildman–Crippen MR) is 66.7 cm³/mol. The quantitative estimate of drug-likeness (QED) is 0.724. The maximum atomic E-state index is 11.7. The van der Waals surface area contributed by atoms with Gasteiger partial charge in [0.15, 0.2) is 0 Å². The van der Waals surface area contributed by atoms with Crippen LogP contribution >= 0.6 is 0 Å². The Balaban J connectivity index is 2.21. The van der Waals surface area contributed by atoms with Crippen molar-refractivity contribution >= 4 is 11.9 Å². The van der Waals surface area contributed by atoms with E-state index < -0.39 is 0 Å². The number of nitrogens with zero attached hydrogens (tertiary/aromatic N) is 1. The fraction of sp³-hybridized carbons (Fsp3) is 0.833. The van der Waals surface area contributed by atoms with Gasteiger partial charge in [-0.1, -0.05) is 13.3 Å². The minimum Gasteiger partial charge on any atom is -0.353 e. The van der Waals surface area contributed by atoms with Gasteiger partial charge >= 0.3 is 6.03 Å². The van der Waals surface area contributed by atoms with Gasteiger partial charge < -0.3 is 15.5 Å². The van der Waals surface area contributed by atoms with E-state index in [1.807, 2.05) is 4.90 Å². The van der Waals surface area contributed by atoms with Crippen molar-refractivity contribution in [3.05, 3.63) is 0 Å². The molecule has 0 unspecified atom stereocenters. The first-order chi connectivity index (χ1) is 8.13. The van der Waals surface area contributed by atoms with Gasteiger partial charge in [-0.05, 0) is 19.3 Å². The SMILES string of the molecule is CCCCNC(=O)N1CCC(NC(C)=O)CC1. The standard InChI is InChI=1S/C12H23N3O2/c1-3-4-7-13-12(17)15-8-5-11(6-9-15)14-10(2)16/h11H,3-9H2,1-2H3,(H,13,17)(H,14,16). The van der Waals surface area contributed by atoms with Crippen molar-refractivity contribution in [2.24, 2.45) is 0 Å². The van der Waals surface area contributed by atoms with Crippen LogP contribution in [0.25, 0.3) is 0 Å². The lowest BCUT2D eigenvalue weighted by atomic mass is 10.1. The molecular weight excluding hydrogens is 218 g/mol. The lowest BCUT2D eigenvalue weighted by Crippen LogP contribution is -2.49. The molecule has 2 N–H and O–H groups in total. The molecule has 0 bridgehead atoms. The van der Waals surface area contributed by atoms with Gasteiger partial charge in [0.25, 0.3) is 0 Å². The second kappa shape index (κ2) is 7.14. The van der Waals surface area contributed by atoms with E-state index in [9.17, 15) is 9.59 Å². The van der Waals surface area contributed by atoms with Gasteiger partial charge in [0.2, 0.25) is 5.91 Å². The van der Waals surface area contributed by atoms with Crippen LogP contribution in [0.15, 0.2) is 0 Å². The minimum atomic E-state index is 0.0100. The first kappa shape index (κ1) is 13.8. The van der Waals surface area contributed by atoms with Crippen LogP contribution < -0.4 is 10.6 Å². The number of carbonyl (C=O) groups excluding carboxylic acids is 2. The van der Waals surface area contributed by atoms with E-state index in [0.29, 0.717) is 0 Å². The second-order valence-corrected chi connectivity index (χ2v) is 4.55. The van der Waals surface area contributed by atoms with Crippen LogP contribution in [0.4, 0.5) is 4.79 Å². The van der Waals surface area contributed by atoms with E-state index in [0.717, 1.165) is 45.3 Å². The molecule has 1 rings (SSSR count). The van der Waals surface area contributed by atoms with Crippen LogP contribution in [0.3, 0.4) is 0 Å². The van der Waals surface area contributed by atoms with Crippen molar-refractivity contribution in [2.45, 2.75) is 45.6 Å². The molecule has 0 saturated carbocycles. The van der Waals surface area contributed by atoms with Crippen molar-refractivity contribution in [3.8, 4) is 0 Å². The highest BCUT2D eigenvalue weighted by Gasteiger charge is 2.22. The number of hydrogen-bond donors (Lipinski definition) is 2. The fourth-order valence-corrected chi connectivity index (χ4v) is 2.00. The summed E-state index contributed by atoms with van der Waals surface area (Å²) in [5.41, 5.74) is 0. The topological polar surface area (TPSA) is 61.4 Å². The summed E-state index contributed by atoms with van der Waals surface area (Å²) in [7, 11) is 0. The van der Waals surface area contributed by atoms with Gasteiger partial charge in [-0.25, -0.2) is 4.79 Å². The third kappa shape index (κ3) is 5.06. The van der Waals surface area contributed by atoms with Crippen molar-refractivity contribution < 1.29 is 9.59 Å². The molecule has 0 spiro atoms. The van der Waals surface area contributed by atoms with Crippen molar-refractivity contribution in [1.29, 1.82) is 0 Å². The summed E-state index contributed by atoms with van der Waals surface area (Å²) in [5, 5.41) is 5.80. The Hall–Kier alpha value is -1.26. The van der Waals surface area contributed by atoms with Crippen molar-refractivity contribution in [2.75, 3.05) is 19.6 Å². The summed E-state index contributed by atoms with van der Waals surface area (Å²) in [6, 6.07) is 0.256. The van der Waals surface area contributed by atoms with Crippen LogP contribution in [-0.2, 0) is 4.79 Å². The molecule has 3 amide bonds. The number of likely N-dealkylation sites (tertiary alicyclic amines) is 1. The summed E-state index contributed by atoms with van der Waals surface area (Å²) in [6.45, 7) is 5.83. The Bertz CT molecular complexity index is 260. The molecule has 0 aromatic rings. The number of carbonyl (C=O) groups is 2. The van der Waals surface area contributed by atoms with Crippen LogP contribution in [0.5, 0.6) is 0 Å². The highest BCUT2D eigenvalue weighted by atomic mass is 16.2. The summed E-state index contributed by atoms with van der Waals surface area (Å²) in [4.78, 5) is 24.5. The number of nitrogens with one attached hydrogen (secondary N) is 2. The zero-order valence-electron chi connectivity index (χ0n) is 10.8. The molecule has 1 aliphatic rings. The first-order valence-corrected chi connectivity index (χ1v) is 6.43. The molecule has 17 heavy (non-hydrogen) atoms. The average Bonchev–Trinajstić information content (AvgIpc) is 2.29. The Morgan fingerprint density at radius 3 is 2.47 bits per heavy atom. The van der Waals surface area contributed by atoms with Gasteiger partial charge in [0.1, 0.15) is 0 Å². The van der Waals surface area contributed by atoms with E-state index >= 15 is 0 Å². The highest BCUT2D eigenvalue weighted by Crippen LogP contribution is 2.10. The molecule has 0 aromatic heterocycles. The Labute approximate surface area is 103 Å². The van der Waals surface area contributed by atoms with E-state index in [-0.39, 0.29) is 18.0 Å². The van der Waals surface area contributed by atoms with Gasteiger partial charge in [-0.3, -0.25) is 4.79 Å². The largest absolute Gasteiger partial charge is 0.353 e. The normalized spacial score (nSPS) is 16.7. The predicted octanol–water partition coefficient (Wildman–Crippen LogP) is 1.10. The van der Waals surface area contributed by atoms with Crippen LogP contribution in [0.2, 0.25) is 0 Å². The molecule has 5 nitrogen and oxygen atoms in total. The third-order valence-corrected chi connectivity index (χ3v) is 3.00. The smallest absolute Gasteiger partial charge is 0.317 e. The van der Waals surface area contributed by atoms with E-state index in [2.05, 4.69) is 17.6 Å². The monoisotopic (exact) mass is 241 g/mol. The maximum absolute atomic E-state index is 11.7. The van der Waals surface area contributed by atoms with Gasteiger partial charge in [-0.2, -0.15) is 0 Å². The Morgan fingerprint density at radius 1 is 1.29 bits per heavy atom. The summed E-state index contributed by atoms with van der Waals surface area (Å²) >= 11 is 0. The maximum Gasteiger partial charge on any atom is 0.317 e. The fourth-order valence-electron chi connectivity index (χ4n) is 2.00. The third-order valence-electron chi connectivity index (χ3n) is 3.00. The lowest BCUT2D eigenvalue weighted by Gasteiger charge is -2.32. The highest BCUT2D eigenvalue weighted by molar-refractivity contribution is 5.74. The summed E-state index contributed by atoms with van der Waals surface area (Å²) in [6.07, 6.45) is 3.81. The number of unbranched alkanes of at least 4 members (excludes halogenated alkanes) is 1. The zero-order chi connectivity index (χ0) is 12.7. The summed E-state index contributed by atoms with van der Waals surface area (Å²) in [5.74, 6) is 0.0100. The molecular formula is C12H23N3O2. The minimum absolute atomic E-state index is 0.0100. The summed E-state index contributed by atoms with van der Waals surface area (Å²) < 4.78 is 0. The molecule has 1 fully saturated rings. The number of piperidine rings is 1. The van der Waals surface area contributed by atoms with Crippen molar-refractivity contribution in [1.82, 2.24) is 15.5 Å². The molecule has 0 radical (unpaired) electrons. The molecule has 1 saturated heterocycles. The van der Waals surface area contributed by atoms with Gasteiger partial charge in [-0.15, -0.1) is 0 Å².